The summed E-state index contributed by atoms with van der Waals surface area (Å²) in [6.07, 6.45) is 2.88. The Bertz CT molecular complexity index is 695. The lowest BCUT2D eigenvalue weighted by atomic mass is 9.95. The SMILES string of the molecule is O=S(=O)(/C=C/c1ccccc1)NCCC(CCO)c1ccsc1. The highest BCUT2D eigenvalue weighted by molar-refractivity contribution is 7.92. The maximum atomic E-state index is 12.0. The summed E-state index contributed by atoms with van der Waals surface area (Å²) in [6.45, 7) is 0.448. The van der Waals surface area contributed by atoms with Gasteiger partial charge in [-0.1, -0.05) is 30.3 Å². The Morgan fingerprint density at radius 3 is 2.61 bits per heavy atom. The molecule has 2 aromatic rings. The Morgan fingerprint density at radius 2 is 1.96 bits per heavy atom. The molecule has 124 valence electrons. The van der Waals surface area contributed by atoms with Gasteiger partial charge in [-0.05, 0) is 52.8 Å². The minimum absolute atomic E-state index is 0.0984. The van der Waals surface area contributed by atoms with E-state index in [-0.39, 0.29) is 12.5 Å². The molecule has 0 aliphatic heterocycles. The normalized spacial score (nSPS) is 13.4. The molecule has 2 rings (SSSR count). The molecule has 0 spiro atoms. The second-order valence-electron chi connectivity index (χ2n) is 5.21. The molecule has 6 heteroatoms. The van der Waals surface area contributed by atoms with E-state index >= 15 is 0 Å². The summed E-state index contributed by atoms with van der Waals surface area (Å²) in [5.74, 6) is 0.173. The van der Waals surface area contributed by atoms with Crippen LogP contribution in [0.3, 0.4) is 0 Å². The number of nitrogens with one attached hydrogen (secondary N) is 1. The maximum absolute atomic E-state index is 12.0. The largest absolute Gasteiger partial charge is 0.396 e. The van der Waals surface area contributed by atoms with Crippen molar-refractivity contribution >= 4 is 27.4 Å². The molecule has 0 fully saturated rings. The number of rotatable bonds is 9. The summed E-state index contributed by atoms with van der Waals surface area (Å²) in [4.78, 5) is 0. The molecular formula is C17H21NO3S2. The maximum Gasteiger partial charge on any atom is 0.233 e. The molecule has 1 unspecified atom stereocenters. The monoisotopic (exact) mass is 351 g/mol. The first-order chi connectivity index (χ1) is 11.1. The van der Waals surface area contributed by atoms with E-state index in [0.717, 1.165) is 11.1 Å². The molecule has 23 heavy (non-hydrogen) atoms. The molecule has 1 aromatic heterocycles. The van der Waals surface area contributed by atoms with Crippen molar-refractivity contribution in [3.8, 4) is 0 Å². The molecule has 2 N–H and O–H groups in total. The number of aliphatic hydroxyl groups excluding tert-OH is 1. The van der Waals surface area contributed by atoms with Crippen LogP contribution in [0.15, 0.2) is 52.6 Å². The van der Waals surface area contributed by atoms with Crippen molar-refractivity contribution in [2.24, 2.45) is 0 Å². The van der Waals surface area contributed by atoms with Gasteiger partial charge in [-0.3, -0.25) is 0 Å². The van der Waals surface area contributed by atoms with E-state index in [4.69, 9.17) is 5.11 Å². The zero-order valence-corrected chi connectivity index (χ0v) is 14.4. The van der Waals surface area contributed by atoms with Gasteiger partial charge in [-0.25, -0.2) is 13.1 Å². The van der Waals surface area contributed by atoms with Crippen LogP contribution in [0, 0.1) is 0 Å². The molecule has 0 saturated carbocycles. The highest BCUT2D eigenvalue weighted by Crippen LogP contribution is 2.24. The highest BCUT2D eigenvalue weighted by Gasteiger charge is 2.13. The zero-order valence-electron chi connectivity index (χ0n) is 12.8. The fraction of sp³-hybridized carbons (Fsp3) is 0.294. The van der Waals surface area contributed by atoms with Crippen LogP contribution in [-0.2, 0) is 10.0 Å². The average molecular weight is 351 g/mol. The third kappa shape index (κ3) is 6.27. The second kappa shape index (κ2) is 8.98. The first kappa shape index (κ1) is 17.9. The van der Waals surface area contributed by atoms with Gasteiger partial charge >= 0.3 is 0 Å². The third-order valence-electron chi connectivity index (χ3n) is 3.53. The quantitative estimate of drug-likeness (QED) is 0.729. The van der Waals surface area contributed by atoms with Crippen LogP contribution in [0.5, 0.6) is 0 Å². The van der Waals surface area contributed by atoms with Crippen LogP contribution >= 0.6 is 11.3 Å². The van der Waals surface area contributed by atoms with Crippen LogP contribution < -0.4 is 4.72 Å². The van der Waals surface area contributed by atoms with E-state index in [1.54, 1.807) is 17.4 Å². The molecule has 1 atom stereocenters. The number of sulfonamides is 1. The predicted octanol–water partition coefficient (Wildman–Crippen LogP) is 3.19. The minimum Gasteiger partial charge on any atom is -0.396 e. The van der Waals surface area contributed by atoms with Gasteiger partial charge in [0.25, 0.3) is 0 Å². The smallest absolute Gasteiger partial charge is 0.233 e. The molecule has 0 amide bonds. The molecule has 0 saturated heterocycles. The number of hydrogen-bond acceptors (Lipinski definition) is 4. The van der Waals surface area contributed by atoms with Gasteiger partial charge < -0.3 is 5.11 Å². The lowest BCUT2D eigenvalue weighted by Crippen LogP contribution is -2.24. The van der Waals surface area contributed by atoms with Crippen molar-refractivity contribution in [3.63, 3.8) is 0 Å². The van der Waals surface area contributed by atoms with Gasteiger partial charge in [0, 0.05) is 18.6 Å². The van der Waals surface area contributed by atoms with E-state index in [1.807, 2.05) is 47.2 Å². The zero-order chi connectivity index (χ0) is 16.5. The third-order valence-corrected chi connectivity index (χ3v) is 5.33. The van der Waals surface area contributed by atoms with E-state index in [2.05, 4.69) is 4.72 Å². The summed E-state index contributed by atoms with van der Waals surface area (Å²) >= 11 is 1.61. The number of hydrogen-bond donors (Lipinski definition) is 2. The van der Waals surface area contributed by atoms with Crippen LogP contribution in [0.25, 0.3) is 6.08 Å². The van der Waals surface area contributed by atoms with Crippen molar-refractivity contribution < 1.29 is 13.5 Å². The molecule has 1 aromatic carbocycles. The van der Waals surface area contributed by atoms with Crippen molar-refractivity contribution in [1.29, 1.82) is 0 Å². The van der Waals surface area contributed by atoms with E-state index in [0.29, 0.717) is 19.4 Å². The van der Waals surface area contributed by atoms with Gasteiger partial charge in [0.15, 0.2) is 0 Å². The number of benzene rings is 1. The van der Waals surface area contributed by atoms with E-state index in [1.165, 1.54) is 5.41 Å². The summed E-state index contributed by atoms with van der Waals surface area (Å²) < 4.78 is 26.6. The number of aliphatic hydroxyl groups is 1. The Labute approximate surface area is 141 Å². The van der Waals surface area contributed by atoms with E-state index in [9.17, 15) is 8.42 Å². The minimum atomic E-state index is -3.45. The van der Waals surface area contributed by atoms with Crippen molar-refractivity contribution in [1.82, 2.24) is 4.72 Å². The van der Waals surface area contributed by atoms with Crippen LogP contribution in [0.4, 0.5) is 0 Å². The van der Waals surface area contributed by atoms with Crippen molar-refractivity contribution in [3.05, 3.63) is 63.7 Å². The Morgan fingerprint density at radius 1 is 1.17 bits per heavy atom. The first-order valence-corrected chi connectivity index (χ1v) is 9.95. The summed E-state index contributed by atoms with van der Waals surface area (Å²) in [5.41, 5.74) is 2.00. The first-order valence-electron chi connectivity index (χ1n) is 7.46. The van der Waals surface area contributed by atoms with Crippen LogP contribution in [0.2, 0.25) is 0 Å². The standard InChI is InChI=1S/C17H21NO3S2/c19-11-7-16(17-8-12-22-14-17)6-10-18-23(20,21)13-9-15-4-2-1-3-5-15/h1-5,8-9,12-14,16,18-19H,6-7,10-11H2/b13-9+. The number of thiophene rings is 1. The topological polar surface area (TPSA) is 66.4 Å². The average Bonchev–Trinajstić information content (AvgIpc) is 3.07. The lowest BCUT2D eigenvalue weighted by molar-refractivity contribution is 0.273. The fourth-order valence-electron chi connectivity index (χ4n) is 2.30. The van der Waals surface area contributed by atoms with Gasteiger partial charge in [-0.2, -0.15) is 11.3 Å². The second-order valence-corrected chi connectivity index (χ2v) is 7.64. The molecule has 4 nitrogen and oxygen atoms in total. The predicted molar refractivity (Wildman–Crippen MR) is 95.8 cm³/mol. The lowest BCUT2D eigenvalue weighted by Gasteiger charge is -2.14. The molecule has 1 heterocycles. The molecular weight excluding hydrogens is 330 g/mol. The summed E-state index contributed by atoms with van der Waals surface area (Å²) in [7, 11) is -3.45. The molecule has 0 aliphatic carbocycles. The Kier molecular flexibility index (Phi) is 6.98. The molecule has 0 radical (unpaired) electrons. The van der Waals surface area contributed by atoms with Gasteiger partial charge in [0.2, 0.25) is 10.0 Å². The Hall–Kier alpha value is -1.47. The fourth-order valence-corrected chi connectivity index (χ4v) is 3.87. The molecule has 0 aliphatic rings. The summed E-state index contributed by atoms with van der Waals surface area (Å²) in [5, 5.41) is 14.4. The van der Waals surface area contributed by atoms with Crippen molar-refractivity contribution in [2.45, 2.75) is 18.8 Å². The molecule has 0 bridgehead atoms. The van der Waals surface area contributed by atoms with Crippen LogP contribution in [-0.4, -0.2) is 26.7 Å². The summed E-state index contributed by atoms with van der Waals surface area (Å²) in [6, 6.07) is 11.3. The van der Waals surface area contributed by atoms with Gasteiger partial charge in [-0.15, -0.1) is 0 Å². The van der Waals surface area contributed by atoms with Gasteiger partial charge in [0.1, 0.15) is 0 Å². The van der Waals surface area contributed by atoms with Crippen LogP contribution in [0.1, 0.15) is 29.9 Å². The van der Waals surface area contributed by atoms with Gasteiger partial charge in [0.05, 0.1) is 0 Å². The van der Waals surface area contributed by atoms with Crippen molar-refractivity contribution in [2.75, 3.05) is 13.2 Å². The highest BCUT2D eigenvalue weighted by atomic mass is 32.2. The van der Waals surface area contributed by atoms with E-state index < -0.39 is 10.0 Å². The Balaban J connectivity index is 1.87.